The minimum atomic E-state index is -1.01. The normalized spacial score (nSPS) is 14.1. The fourth-order valence-electron chi connectivity index (χ4n) is 4.56. The second-order valence-electron chi connectivity index (χ2n) is 9.36. The maximum atomic E-state index is 10.1. The Morgan fingerprint density at radius 2 is 1.64 bits per heavy atom. The lowest BCUT2D eigenvalue weighted by atomic mass is 10.00. The van der Waals surface area contributed by atoms with Gasteiger partial charge >= 0.3 is 0 Å². The first kappa shape index (κ1) is 23.5. The summed E-state index contributed by atoms with van der Waals surface area (Å²) in [5.41, 5.74) is 4.01. The SMILES string of the molecule is COc1c(N2CCN(c3cnc(C(C)(C)O)cn3)CC2)cnc2c(-c3ccc(C#N)cc3)cccc12. The highest BCUT2D eigenvalue weighted by molar-refractivity contribution is 5.99. The fourth-order valence-corrected chi connectivity index (χ4v) is 4.56. The van der Waals surface area contributed by atoms with Gasteiger partial charge in [0.1, 0.15) is 11.4 Å². The molecule has 182 valence electrons. The highest BCUT2D eigenvalue weighted by Crippen LogP contribution is 2.39. The smallest absolute Gasteiger partial charge is 0.153 e. The Hall–Kier alpha value is -4.22. The number of fused-ring (bicyclic) bond motifs is 1. The van der Waals surface area contributed by atoms with E-state index in [9.17, 15) is 5.11 Å². The number of pyridine rings is 1. The van der Waals surface area contributed by atoms with Crippen molar-refractivity contribution in [2.45, 2.75) is 19.4 Å². The first-order chi connectivity index (χ1) is 17.4. The summed E-state index contributed by atoms with van der Waals surface area (Å²) in [6.45, 7) is 6.54. The van der Waals surface area contributed by atoms with Gasteiger partial charge < -0.3 is 19.6 Å². The molecule has 1 N–H and O–H groups in total. The average molecular weight is 481 g/mol. The molecule has 1 aliphatic heterocycles. The van der Waals surface area contributed by atoms with E-state index in [0.29, 0.717) is 11.3 Å². The van der Waals surface area contributed by atoms with Crippen LogP contribution in [-0.2, 0) is 5.60 Å². The maximum Gasteiger partial charge on any atom is 0.153 e. The third-order valence-electron chi connectivity index (χ3n) is 6.57. The Morgan fingerprint density at radius 1 is 0.917 bits per heavy atom. The number of rotatable bonds is 5. The summed E-state index contributed by atoms with van der Waals surface area (Å²) >= 11 is 0. The minimum Gasteiger partial charge on any atom is -0.494 e. The molecule has 0 aliphatic carbocycles. The average Bonchev–Trinajstić information content (AvgIpc) is 2.92. The van der Waals surface area contributed by atoms with E-state index < -0.39 is 5.60 Å². The Morgan fingerprint density at radius 3 is 2.25 bits per heavy atom. The molecule has 2 aromatic carbocycles. The fraction of sp³-hybridized carbons (Fsp3) is 0.286. The van der Waals surface area contributed by atoms with Crippen molar-refractivity contribution in [1.29, 1.82) is 5.26 Å². The van der Waals surface area contributed by atoms with Crippen LogP contribution in [0.5, 0.6) is 5.75 Å². The van der Waals surface area contributed by atoms with E-state index in [0.717, 1.165) is 65.5 Å². The van der Waals surface area contributed by atoms with Gasteiger partial charge in [-0.25, -0.2) is 4.98 Å². The number of aliphatic hydroxyl groups is 1. The third kappa shape index (κ3) is 4.41. The second kappa shape index (κ2) is 9.44. The van der Waals surface area contributed by atoms with Crippen LogP contribution in [0.1, 0.15) is 25.1 Å². The predicted molar refractivity (Wildman–Crippen MR) is 140 cm³/mol. The molecule has 0 bridgehead atoms. The number of hydrogen-bond donors (Lipinski definition) is 1. The van der Waals surface area contributed by atoms with Crippen LogP contribution >= 0.6 is 0 Å². The number of piperazine rings is 1. The molecule has 0 radical (unpaired) electrons. The van der Waals surface area contributed by atoms with E-state index in [-0.39, 0.29) is 0 Å². The summed E-state index contributed by atoms with van der Waals surface area (Å²) in [7, 11) is 1.70. The van der Waals surface area contributed by atoms with Crippen molar-refractivity contribution in [3.05, 3.63) is 72.3 Å². The molecule has 0 atom stereocenters. The summed E-state index contributed by atoms with van der Waals surface area (Å²) in [6.07, 6.45) is 5.26. The summed E-state index contributed by atoms with van der Waals surface area (Å²) in [6, 6.07) is 15.8. The first-order valence-electron chi connectivity index (χ1n) is 11.9. The number of benzene rings is 2. The van der Waals surface area contributed by atoms with E-state index >= 15 is 0 Å². The maximum absolute atomic E-state index is 10.1. The molecule has 1 saturated heterocycles. The highest BCUT2D eigenvalue weighted by Gasteiger charge is 2.24. The van der Waals surface area contributed by atoms with Crippen molar-refractivity contribution < 1.29 is 9.84 Å². The molecular weight excluding hydrogens is 452 g/mol. The summed E-state index contributed by atoms with van der Waals surface area (Å²) < 4.78 is 5.91. The van der Waals surface area contributed by atoms with Crippen LogP contribution in [0.2, 0.25) is 0 Å². The van der Waals surface area contributed by atoms with Crippen molar-refractivity contribution >= 4 is 22.4 Å². The second-order valence-corrected chi connectivity index (χ2v) is 9.36. The number of anilines is 2. The molecule has 8 nitrogen and oxygen atoms in total. The Kier molecular flexibility index (Phi) is 6.17. The molecular formula is C28H28N6O2. The van der Waals surface area contributed by atoms with Crippen LogP contribution in [0, 0.1) is 11.3 Å². The number of aromatic nitrogens is 3. The summed E-state index contributed by atoms with van der Waals surface area (Å²) in [5.74, 6) is 1.61. The van der Waals surface area contributed by atoms with Crippen molar-refractivity contribution in [2.24, 2.45) is 0 Å². The number of methoxy groups -OCH3 is 1. The molecule has 0 amide bonds. The lowest BCUT2D eigenvalue weighted by molar-refractivity contribution is 0.0734. The van der Waals surface area contributed by atoms with Crippen molar-refractivity contribution in [2.75, 3.05) is 43.1 Å². The summed E-state index contributed by atoms with van der Waals surface area (Å²) in [5, 5.41) is 20.2. The standard InChI is InChI=1S/C28H28N6O2/c1-28(2,35)24-17-31-25(18-30-24)34-13-11-33(12-14-34)23-16-32-26-21(5-4-6-22(26)27(23)36-3)20-9-7-19(15-29)8-10-20/h4-10,16-18,35H,11-14H2,1-3H3. The van der Waals surface area contributed by atoms with Gasteiger partial charge in [-0.15, -0.1) is 0 Å². The molecule has 1 fully saturated rings. The predicted octanol–water partition coefficient (Wildman–Crippen LogP) is 4.13. The summed E-state index contributed by atoms with van der Waals surface area (Å²) in [4.78, 5) is 18.2. The van der Waals surface area contributed by atoms with Crippen molar-refractivity contribution in [3.8, 4) is 22.9 Å². The topological polar surface area (TPSA) is 98.4 Å². The Bertz CT molecular complexity index is 1410. The molecule has 8 heteroatoms. The van der Waals surface area contributed by atoms with Gasteiger partial charge in [0.05, 0.1) is 54.2 Å². The van der Waals surface area contributed by atoms with Crippen LogP contribution in [-0.4, -0.2) is 53.3 Å². The Labute approximate surface area is 210 Å². The number of para-hydroxylation sites is 1. The van der Waals surface area contributed by atoms with Gasteiger partial charge in [0, 0.05) is 37.1 Å². The van der Waals surface area contributed by atoms with Gasteiger partial charge in [-0.05, 0) is 37.6 Å². The molecule has 0 spiro atoms. The van der Waals surface area contributed by atoms with E-state index in [2.05, 4.69) is 25.8 Å². The van der Waals surface area contributed by atoms with Crippen LogP contribution in [0.3, 0.4) is 0 Å². The molecule has 2 aromatic heterocycles. The molecule has 0 unspecified atom stereocenters. The molecule has 4 aromatic rings. The zero-order chi connectivity index (χ0) is 25.3. The molecule has 0 saturated carbocycles. The largest absolute Gasteiger partial charge is 0.494 e. The zero-order valence-electron chi connectivity index (χ0n) is 20.6. The van der Waals surface area contributed by atoms with Crippen molar-refractivity contribution in [1.82, 2.24) is 15.0 Å². The number of nitrogens with zero attached hydrogens (tertiary/aromatic N) is 6. The number of hydrogen-bond acceptors (Lipinski definition) is 8. The Balaban J connectivity index is 1.39. The quantitative estimate of drug-likeness (QED) is 0.455. The number of nitriles is 1. The van der Waals surface area contributed by atoms with Crippen LogP contribution in [0.15, 0.2) is 61.1 Å². The van der Waals surface area contributed by atoms with Crippen LogP contribution in [0.4, 0.5) is 11.5 Å². The van der Waals surface area contributed by atoms with Crippen LogP contribution in [0.25, 0.3) is 22.0 Å². The van der Waals surface area contributed by atoms with Gasteiger partial charge in [0.15, 0.2) is 5.75 Å². The van der Waals surface area contributed by atoms with Gasteiger partial charge in [0.2, 0.25) is 0 Å². The lowest BCUT2D eigenvalue weighted by Gasteiger charge is -2.37. The monoisotopic (exact) mass is 480 g/mol. The van der Waals surface area contributed by atoms with Gasteiger partial charge in [-0.2, -0.15) is 5.26 Å². The van der Waals surface area contributed by atoms with Gasteiger partial charge in [-0.3, -0.25) is 9.97 Å². The van der Waals surface area contributed by atoms with E-state index in [1.165, 1.54) is 0 Å². The molecule has 3 heterocycles. The zero-order valence-corrected chi connectivity index (χ0v) is 20.6. The van der Waals surface area contributed by atoms with E-state index in [4.69, 9.17) is 15.0 Å². The molecule has 1 aliphatic rings. The molecule has 36 heavy (non-hydrogen) atoms. The lowest BCUT2D eigenvalue weighted by Crippen LogP contribution is -2.47. The van der Waals surface area contributed by atoms with E-state index in [1.54, 1.807) is 33.4 Å². The first-order valence-corrected chi connectivity index (χ1v) is 11.9. The third-order valence-corrected chi connectivity index (χ3v) is 6.57. The van der Waals surface area contributed by atoms with Crippen LogP contribution < -0.4 is 14.5 Å². The molecule has 5 rings (SSSR count). The van der Waals surface area contributed by atoms with Crippen molar-refractivity contribution in [3.63, 3.8) is 0 Å². The van der Waals surface area contributed by atoms with Gasteiger partial charge in [0.25, 0.3) is 0 Å². The van der Waals surface area contributed by atoms with Gasteiger partial charge in [-0.1, -0.05) is 24.3 Å². The highest BCUT2D eigenvalue weighted by atomic mass is 16.5. The number of ether oxygens (including phenoxy) is 1. The minimum absolute atomic E-state index is 0.553. The van der Waals surface area contributed by atoms with E-state index in [1.807, 2.05) is 48.7 Å².